The zero-order valence-corrected chi connectivity index (χ0v) is 20.9. The lowest BCUT2D eigenvalue weighted by Gasteiger charge is -2.14. The normalized spacial score (nSPS) is 11.0. The lowest BCUT2D eigenvalue weighted by molar-refractivity contribution is -0.112. The summed E-state index contributed by atoms with van der Waals surface area (Å²) in [7, 11) is 1.51. The standard InChI is InChI=1S/C25H24BrN3O5/c1-15-7-16(2)9-20(8-15)32-5-6-33-24-21(26)12-18(13-22(24)31-4)11-19(14-27)25(30)28-23-10-17(3)34-29-23/h7-13H,5-6H2,1-4H3,(H,28,29,30). The van der Waals surface area contributed by atoms with Crippen molar-refractivity contribution in [3.05, 3.63) is 68.9 Å². The fourth-order valence-corrected chi connectivity index (χ4v) is 3.78. The Hall–Kier alpha value is -3.77. The quantitative estimate of drug-likeness (QED) is 0.227. The van der Waals surface area contributed by atoms with E-state index in [0.717, 1.165) is 16.9 Å². The summed E-state index contributed by atoms with van der Waals surface area (Å²) in [5.41, 5.74) is 2.73. The molecule has 1 amide bonds. The molecular formula is C25H24BrN3O5. The highest BCUT2D eigenvalue weighted by Gasteiger charge is 2.15. The van der Waals surface area contributed by atoms with Crippen LogP contribution in [-0.2, 0) is 4.79 Å². The van der Waals surface area contributed by atoms with Crippen molar-refractivity contribution in [2.75, 3.05) is 25.6 Å². The summed E-state index contributed by atoms with van der Waals surface area (Å²) < 4.78 is 22.6. The lowest BCUT2D eigenvalue weighted by Crippen LogP contribution is -2.13. The number of nitriles is 1. The Morgan fingerprint density at radius 3 is 2.44 bits per heavy atom. The number of aryl methyl sites for hydroxylation is 3. The monoisotopic (exact) mass is 525 g/mol. The molecule has 8 nitrogen and oxygen atoms in total. The number of anilines is 1. The Kier molecular flexibility index (Phi) is 8.33. The third-order valence-electron chi connectivity index (χ3n) is 4.59. The van der Waals surface area contributed by atoms with Gasteiger partial charge in [0, 0.05) is 6.07 Å². The second-order valence-electron chi connectivity index (χ2n) is 7.50. The van der Waals surface area contributed by atoms with Crippen molar-refractivity contribution < 1.29 is 23.5 Å². The third-order valence-corrected chi connectivity index (χ3v) is 5.18. The van der Waals surface area contributed by atoms with Crippen LogP contribution in [0.5, 0.6) is 17.2 Å². The highest BCUT2D eigenvalue weighted by atomic mass is 79.9. The van der Waals surface area contributed by atoms with Crippen LogP contribution in [0.1, 0.15) is 22.5 Å². The molecule has 9 heteroatoms. The maximum absolute atomic E-state index is 12.4. The van der Waals surface area contributed by atoms with Crippen molar-refractivity contribution in [1.29, 1.82) is 5.26 Å². The minimum atomic E-state index is -0.602. The van der Waals surface area contributed by atoms with Crippen molar-refractivity contribution in [2.45, 2.75) is 20.8 Å². The van der Waals surface area contributed by atoms with Crippen LogP contribution < -0.4 is 19.5 Å². The van der Waals surface area contributed by atoms with Gasteiger partial charge in [0.15, 0.2) is 17.3 Å². The van der Waals surface area contributed by atoms with E-state index in [2.05, 4.69) is 32.5 Å². The minimum absolute atomic E-state index is 0.106. The molecule has 2 aromatic carbocycles. The SMILES string of the molecule is COc1cc(C=C(C#N)C(=O)Nc2cc(C)on2)cc(Br)c1OCCOc1cc(C)cc(C)c1. The minimum Gasteiger partial charge on any atom is -0.493 e. The van der Waals surface area contributed by atoms with Crippen LogP contribution in [-0.4, -0.2) is 31.4 Å². The molecule has 0 aliphatic heterocycles. The number of amides is 1. The number of nitrogens with zero attached hydrogens (tertiary/aromatic N) is 2. The molecule has 1 heterocycles. The number of methoxy groups -OCH3 is 1. The Morgan fingerprint density at radius 2 is 1.82 bits per heavy atom. The van der Waals surface area contributed by atoms with Crippen LogP contribution in [0.25, 0.3) is 6.08 Å². The molecule has 34 heavy (non-hydrogen) atoms. The molecule has 0 fully saturated rings. The number of carbonyl (C=O) groups excluding carboxylic acids is 1. The molecule has 1 N–H and O–H groups in total. The van der Waals surface area contributed by atoms with Crippen LogP contribution >= 0.6 is 15.9 Å². The number of nitrogens with one attached hydrogen (secondary N) is 1. The van der Waals surface area contributed by atoms with Gasteiger partial charge in [-0.25, -0.2) is 0 Å². The van der Waals surface area contributed by atoms with Crippen LogP contribution in [0.2, 0.25) is 0 Å². The molecule has 0 aliphatic carbocycles. The second-order valence-corrected chi connectivity index (χ2v) is 8.36. The number of rotatable bonds is 9. The maximum atomic E-state index is 12.4. The smallest absolute Gasteiger partial charge is 0.267 e. The van der Waals surface area contributed by atoms with Gasteiger partial charge in [-0.3, -0.25) is 4.79 Å². The van der Waals surface area contributed by atoms with Gasteiger partial charge < -0.3 is 24.1 Å². The largest absolute Gasteiger partial charge is 0.493 e. The Balaban J connectivity index is 1.69. The van der Waals surface area contributed by atoms with Gasteiger partial charge in [-0.2, -0.15) is 5.26 Å². The van der Waals surface area contributed by atoms with Crippen LogP contribution in [0.3, 0.4) is 0 Å². The first kappa shape index (κ1) is 24.9. The number of aromatic nitrogens is 1. The molecule has 0 aliphatic rings. The second kappa shape index (κ2) is 11.4. The number of carbonyl (C=O) groups is 1. The maximum Gasteiger partial charge on any atom is 0.267 e. The van der Waals surface area contributed by atoms with Gasteiger partial charge in [0.1, 0.15) is 36.4 Å². The highest BCUT2D eigenvalue weighted by molar-refractivity contribution is 9.10. The molecule has 0 saturated heterocycles. The van der Waals surface area contributed by atoms with E-state index in [0.29, 0.717) is 40.5 Å². The van der Waals surface area contributed by atoms with Gasteiger partial charge in [-0.05, 0) is 83.7 Å². The van der Waals surface area contributed by atoms with Gasteiger partial charge in [0.25, 0.3) is 5.91 Å². The number of ether oxygens (including phenoxy) is 3. The molecule has 3 rings (SSSR count). The Morgan fingerprint density at radius 1 is 1.12 bits per heavy atom. The van der Waals surface area contributed by atoms with E-state index in [9.17, 15) is 10.1 Å². The van der Waals surface area contributed by atoms with Crippen LogP contribution in [0.4, 0.5) is 5.82 Å². The van der Waals surface area contributed by atoms with Crippen LogP contribution in [0, 0.1) is 32.1 Å². The topological polar surface area (TPSA) is 107 Å². The number of hydrogen-bond donors (Lipinski definition) is 1. The summed E-state index contributed by atoms with van der Waals surface area (Å²) >= 11 is 3.48. The molecule has 0 unspecified atom stereocenters. The first-order valence-electron chi connectivity index (χ1n) is 10.4. The summed E-state index contributed by atoms with van der Waals surface area (Å²) in [6.45, 7) is 6.38. The van der Waals surface area contributed by atoms with Gasteiger partial charge >= 0.3 is 0 Å². The predicted molar refractivity (Wildman–Crippen MR) is 131 cm³/mol. The van der Waals surface area contributed by atoms with Gasteiger partial charge in [-0.15, -0.1) is 0 Å². The summed E-state index contributed by atoms with van der Waals surface area (Å²) in [4.78, 5) is 12.4. The fourth-order valence-electron chi connectivity index (χ4n) is 3.21. The molecule has 0 bridgehead atoms. The van der Waals surface area contributed by atoms with Crippen molar-refractivity contribution in [3.8, 4) is 23.3 Å². The fraction of sp³-hybridized carbons (Fsp3) is 0.240. The van der Waals surface area contributed by atoms with E-state index in [-0.39, 0.29) is 11.4 Å². The number of halogens is 1. The number of benzene rings is 2. The van der Waals surface area contributed by atoms with Crippen molar-refractivity contribution in [3.63, 3.8) is 0 Å². The zero-order valence-electron chi connectivity index (χ0n) is 19.3. The molecule has 176 valence electrons. The van der Waals surface area contributed by atoms with E-state index in [1.165, 1.54) is 13.2 Å². The summed E-state index contributed by atoms with van der Waals surface area (Å²) in [6, 6.07) is 12.9. The summed E-state index contributed by atoms with van der Waals surface area (Å²) in [5, 5.41) is 15.7. The van der Waals surface area contributed by atoms with Gasteiger partial charge in [0.05, 0.1) is 11.6 Å². The average Bonchev–Trinajstić information content (AvgIpc) is 3.19. The predicted octanol–water partition coefficient (Wildman–Crippen LogP) is 5.37. The van der Waals surface area contributed by atoms with E-state index < -0.39 is 5.91 Å². The third kappa shape index (κ3) is 6.62. The zero-order chi connectivity index (χ0) is 24.7. The van der Waals surface area contributed by atoms with E-state index in [1.807, 2.05) is 32.0 Å². The molecule has 0 saturated carbocycles. The molecule has 0 spiro atoms. The summed E-state index contributed by atoms with van der Waals surface area (Å²) in [5.74, 6) is 1.89. The number of hydrogen-bond acceptors (Lipinski definition) is 7. The first-order chi connectivity index (χ1) is 16.3. The lowest BCUT2D eigenvalue weighted by atomic mass is 10.1. The van der Waals surface area contributed by atoms with Crippen molar-refractivity contribution in [2.24, 2.45) is 0 Å². The Labute approximate surface area is 206 Å². The molecule has 0 atom stereocenters. The van der Waals surface area contributed by atoms with E-state index >= 15 is 0 Å². The first-order valence-corrected chi connectivity index (χ1v) is 11.2. The molecule has 3 aromatic rings. The van der Waals surface area contributed by atoms with Crippen molar-refractivity contribution >= 4 is 33.7 Å². The van der Waals surface area contributed by atoms with Gasteiger partial charge in [0.2, 0.25) is 0 Å². The Bertz CT molecular complexity index is 1240. The summed E-state index contributed by atoms with van der Waals surface area (Å²) in [6.07, 6.45) is 1.45. The average molecular weight is 526 g/mol. The van der Waals surface area contributed by atoms with Gasteiger partial charge in [-0.1, -0.05) is 11.2 Å². The van der Waals surface area contributed by atoms with Crippen molar-refractivity contribution in [1.82, 2.24) is 5.16 Å². The highest BCUT2D eigenvalue weighted by Crippen LogP contribution is 2.37. The van der Waals surface area contributed by atoms with E-state index in [4.69, 9.17) is 18.7 Å². The molecular weight excluding hydrogens is 502 g/mol. The molecule has 0 radical (unpaired) electrons. The van der Waals surface area contributed by atoms with E-state index in [1.54, 1.807) is 25.1 Å². The molecule has 1 aromatic heterocycles. The van der Waals surface area contributed by atoms with Crippen LogP contribution in [0.15, 0.2) is 51.0 Å².